The van der Waals surface area contributed by atoms with E-state index in [0.29, 0.717) is 12.2 Å². The Balaban J connectivity index is 1.64. The van der Waals surface area contributed by atoms with Crippen LogP contribution in [0.25, 0.3) is 0 Å². The van der Waals surface area contributed by atoms with Crippen LogP contribution in [0.1, 0.15) is 33.9 Å². The number of hydrogen-bond acceptors (Lipinski definition) is 5. The van der Waals surface area contributed by atoms with E-state index in [9.17, 15) is 4.79 Å². The molecule has 23 heavy (non-hydrogen) atoms. The molecule has 0 spiro atoms. The maximum atomic E-state index is 12.2. The van der Waals surface area contributed by atoms with Crippen LogP contribution in [-0.4, -0.2) is 40.2 Å². The fourth-order valence-corrected chi connectivity index (χ4v) is 2.70. The van der Waals surface area contributed by atoms with Gasteiger partial charge in [-0.2, -0.15) is 5.10 Å². The number of nitrogens with one attached hydrogen (secondary N) is 2. The topological polar surface area (TPSA) is 99.9 Å². The molecule has 1 unspecified atom stereocenters. The highest BCUT2D eigenvalue weighted by molar-refractivity contribution is 5.93. The first-order valence-electron chi connectivity index (χ1n) is 7.81. The molecule has 0 aliphatic carbocycles. The molecule has 3 rings (SSSR count). The summed E-state index contributed by atoms with van der Waals surface area (Å²) in [6.07, 6.45) is 0.987. The van der Waals surface area contributed by atoms with Crippen LogP contribution in [-0.2, 0) is 6.54 Å². The molecule has 0 saturated carbocycles. The van der Waals surface area contributed by atoms with Crippen molar-refractivity contribution in [3.8, 4) is 0 Å². The second kappa shape index (κ2) is 6.37. The van der Waals surface area contributed by atoms with Crippen molar-refractivity contribution in [2.24, 2.45) is 5.73 Å². The van der Waals surface area contributed by atoms with Gasteiger partial charge in [0.05, 0.1) is 12.2 Å². The maximum Gasteiger partial charge on any atom is 0.272 e. The molecule has 2 aromatic heterocycles. The van der Waals surface area contributed by atoms with Gasteiger partial charge >= 0.3 is 0 Å². The molecule has 0 aromatic carbocycles. The Labute approximate surface area is 135 Å². The highest BCUT2D eigenvalue weighted by Crippen LogP contribution is 2.17. The van der Waals surface area contributed by atoms with Crippen molar-refractivity contribution in [1.82, 2.24) is 20.5 Å². The summed E-state index contributed by atoms with van der Waals surface area (Å²) in [6.45, 7) is 5.90. The number of aromatic nitrogens is 3. The molecular weight excluding hydrogens is 292 g/mol. The zero-order chi connectivity index (χ0) is 16.4. The molecule has 1 atom stereocenters. The number of rotatable bonds is 4. The smallest absolute Gasteiger partial charge is 0.272 e. The lowest BCUT2D eigenvalue weighted by atomic mass is 10.2. The van der Waals surface area contributed by atoms with Crippen LogP contribution in [0.5, 0.6) is 0 Å². The predicted molar refractivity (Wildman–Crippen MR) is 88.3 cm³/mol. The zero-order valence-electron chi connectivity index (χ0n) is 13.5. The lowest BCUT2D eigenvalue weighted by molar-refractivity contribution is 0.0945. The van der Waals surface area contributed by atoms with Crippen molar-refractivity contribution >= 4 is 11.7 Å². The third-order valence-corrected chi connectivity index (χ3v) is 4.24. The number of nitrogens with zero attached hydrogens (tertiary/aromatic N) is 3. The van der Waals surface area contributed by atoms with Crippen LogP contribution in [0.3, 0.4) is 0 Å². The number of amides is 1. The minimum Gasteiger partial charge on any atom is -0.355 e. The first-order chi connectivity index (χ1) is 11.0. The minimum absolute atomic E-state index is 0.192. The Morgan fingerprint density at radius 2 is 2.30 bits per heavy atom. The highest BCUT2D eigenvalue weighted by atomic mass is 16.1. The third kappa shape index (κ3) is 3.34. The summed E-state index contributed by atoms with van der Waals surface area (Å²) in [4.78, 5) is 19.0. The number of carbonyl (C=O) groups is 1. The molecule has 2 aromatic rings. The second-order valence-corrected chi connectivity index (χ2v) is 5.99. The van der Waals surface area contributed by atoms with Gasteiger partial charge in [-0.3, -0.25) is 9.89 Å². The van der Waals surface area contributed by atoms with Crippen LogP contribution < -0.4 is 16.0 Å². The van der Waals surface area contributed by atoms with E-state index >= 15 is 0 Å². The molecule has 3 heterocycles. The summed E-state index contributed by atoms with van der Waals surface area (Å²) >= 11 is 0. The van der Waals surface area contributed by atoms with Gasteiger partial charge in [0.15, 0.2) is 5.69 Å². The molecule has 4 N–H and O–H groups in total. The number of hydrogen-bond donors (Lipinski definition) is 3. The van der Waals surface area contributed by atoms with Gasteiger partial charge in [0.1, 0.15) is 5.82 Å². The second-order valence-electron chi connectivity index (χ2n) is 5.99. The standard InChI is InChI=1S/C16H22N6O/c1-10-11(2)20-21-15(10)16(23)18-8-13-4-3-5-14(19-13)22-7-6-12(17)9-22/h3-5,12H,6-9,17H2,1-2H3,(H,18,23)(H,20,21). The molecule has 0 radical (unpaired) electrons. The van der Waals surface area contributed by atoms with Crippen LogP contribution in [0.4, 0.5) is 5.82 Å². The third-order valence-electron chi connectivity index (χ3n) is 4.24. The quantitative estimate of drug-likeness (QED) is 0.778. The number of aryl methyl sites for hydroxylation is 1. The molecule has 122 valence electrons. The largest absolute Gasteiger partial charge is 0.355 e. The molecule has 1 aliphatic heterocycles. The molecule has 1 fully saturated rings. The molecule has 1 saturated heterocycles. The fraction of sp³-hybridized carbons (Fsp3) is 0.438. The first-order valence-corrected chi connectivity index (χ1v) is 7.81. The van der Waals surface area contributed by atoms with E-state index in [1.54, 1.807) is 0 Å². The summed E-state index contributed by atoms with van der Waals surface area (Å²) in [7, 11) is 0. The van der Waals surface area contributed by atoms with E-state index in [-0.39, 0.29) is 11.9 Å². The van der Waals surface area contributed by atoms with Crippen molar-refractivity contribution in [3.63, 3.8) is 0 Å². The van der Waals surface area contributed by atoms with Crippen molar-refractivity contribution in [1.29, 1.82) is 0 Å². The SMILES string of the molecule is Cc1[nH]nc(C(=O)NCc2cccc(N3CCC(N)C3)n2)c1C. The molecule has 1 aliphatic rings. The van der Waals surface area contributed by atoms with Crippen LogP contribution in [0, 0.1) is 13.8 Å². The number of aromatic amines is 1. The molecule has 0 bridgehead atoms. The van der Waals surface area contributed by atoms with Gasteiger partial charge in [0, 0.05) is 30.4 Å². The monoisotopic (exact) mass is 314 g/mol. The summed E-state index contributed by atoms with van der Waals surface area (Å²) in [5.41, 5.74) is 8.97. The van der Waals surface area contributed by atoms with Crippen molar-refractivity contribution in [3.05, 3.63) is 40.8 Å². The number of nitrogens with two attached hydrogens (primary N) is 1. The van der Waals surface area contributed by atoms with Gasteiger partial charge in [-0.15, -0.1) is 0 Å². The normalized spacial score (nSPS) is 17.5. The van der Waals surface area contributed by atoms with Crippen molar-refractivity contribution in [2.75, 3.05) is 18.0 Å². The maximum absolute atomic E-state index is 12.2. The summed E-state index contributed by atoms with van der Waals surface area (Å²) in [5, 5.41) is 9.73. The van der Waals surface area contributed by atoms with Gasteiger partial charge in [0.25, 0.3) is 5.91 Å². The Morgan fingerprint density at radius 3 is 2.96 bits per heavy atom. The Hall–Kier alpha value is -2.41. The van der Waals surface area contributed by atoms with Gasteiger partial charge in [-0.05, 0) is 32.4 Å². The van der Waals surface area contributed by atoms with Crippen LogP contribution in [0.15, 0.2) is 18.2 Å². The number of pyridine rings is 1. The number of H-pyrrole nitrogens is 1. The summed E-state index contributed by atoms with van der Waals surface area (Å²) < 4.78 is 0. The van der Waals surface area contributed by atoms with E-state index in [1.807, 2.05) is 32.0 Å². The molecule has 1 amide bonds. The summed E-state index contributed by atoms with van der Waals surface area (Å²) in [5.74, 6) is 0.721. The van der Waals surface area contributed by atoms with Gasteiger partial charge in [0.2, 0.25) is 0 Å². The van der Waals surface area contributed by atoms with Crippen LogP contribution in [0.2, 0.25) is 0 Å². The van der Waals surface area contributed by atoms with E-state index in [4.69, 9.17) is 5.73 Å². The van der Waals surface area contributed by atoms with Crippen molar-refractivity contribution in [2.45, 2.75) is 32.9 Å². The lowest BCUT2D eigenvalue weighted by Gasteiger charge is -2.17. The van der Waals surface area contributed by atoms with Crippen LogP contribution >= 0.6 is 0 Å². The Morgan fingerprint density at radius 1 is 1.48 bits per heavy atom. The van der Waals surface area contributed by atoms with Gasteiger partial charge in [-0.1, -0.05) is 6.07 Å². The fourth-order valence-electron chi connectivity index (χ4n) is 2.70. The summed E-state index contributed by atoms with van der Waals surface area (Å²) in [6, 6.07) is 6.05. The average molecular weight is 314 g/mol. The van der Waals surface area contributed by atoms with E-state index in [2.05, 4.69) is 25.4 Å². The Kier molecular flexibility index (Phi) is 4.29. The van der Waals surface area contributed by atoms with Gasteiger partial charge in [-0.25, -0.2) is 4.98 Å². The number of anilines is 1. The molecule has 7 nitrogen and oxygen atoms in total. The lowest BCUT2D eigenvalue weighted by Crippen LogP contribution is -2.28. The Bertz CT molecular complexity index is 710. The molecular formula is C16H22N6O. The predicted octanol–water partition coefficient (Wildman–Crippen LogP) is 0.889. The number of carbonyl (C=O) groups excluding carboxylic acids is 1. The molecule has 7 heteroatoms. The zero-order valence-corrected chi connectivity index (χ0v) is 13.5. The average Bonchev–Trinajstić information content (AvgIpc) is 3.12. The van der Waals surface area contributed by atoms with Gasteiger partial charge < -0.3 is 16.0 Å². The van der Waals surface area contributed by atoms with E-state index < -0.39 is 0 Å². The van der Waals surface area contributed by atoms with E-state index in [0.717, 1.165) is 42.3 Å². The minimum atomic E-state index is -0.192. The van der Waals surface area contributed by atoms with E-state index in [1.165, 1.54) is 0 Å². The van der Waals surface area contributed by atoms with Crippen molar-refractivity contribution < 1.29 is 4.79 Å². The highest BCUT2D eigenvalue weighted by Gasteiger charge is 2.20. The first kappa shape index (κ1) is 15.5.